The van der Waals surface area contributed by atoms with Gasteiger partial charge < -0.3 is 5.73 Å². The Morgan fingerprint density at radius 3 is 1.86 bits per heavy atom. The van der Waals surface area contributed by atoms with Crippen LogP contribution in [-0.4, -0.2) is 11.7 Å². The number of hydrogen-bond acceptors (Lipinski definition) is 1. The second-order valence-electron chi connectivity index (χ2n) is 14.9. The number of nitrogens with two attached hydrogens (primary N) is 1. The van der Waals surface area contributed by atoms with Gasteiger partial charge in [-0.15, -0.1) is 0 Å². The van der Waals surface area contributed by atoms with Crippen molar-refractivity contribution in [2.45, 2.75) is 12.0 Å². The molecule has 2 aliphatic rings. The Hall–Kier alpha value is -7.43. The quantitative estimate of drug-likeness (QED) is 0.134. The summed E-state index contributed by atoms with van der Waals surface area (Å²) in [5.41, 5.74) is 21.9. The van der Waals surface area contributed by atoms with E-state index in [1.807, 2.05) is 48.5 Å². The highest BCUT2D eigenvalue weighted by atomic mass is 19.1. The number of fused-ring (bicyclic) bond motifs is 9. The molecule has 0 radical (unpaired) electrons. The maximum Gasteiger partial charge on any atom is 0.157 e. The Morgan fingerprint density at radius 2 is 1.09 bits per heavy atom. The van der Waals surface area contributed by atoms with E-state index in [1.54, 1.807) is 12.1 Å². The smallest absolute Gasteiger partial charge is 0.157 e. The van der Waals surface area contributed by atoms with Crippen LogP contribution in [0.2, 0.25) is 0 Å². The van der Waals surface area contributed by atoms with E-state index in [2.05, 4.69) is 146 Å². The highest BCUT2D eigenvalue weighted by molar-refractivity contribution is 6.12. The minimum atomic E-state index is -0.743. The van der Waals surface area contributed by atoms with Crippen LogP contribution in [0.15, 0.2) is 204 Å². The van der Waals surface area contributed by atoms with Gasteiger partial charge in [0.2, 0.25) is 0 Å². The topological polar surface area (TPSA) is 50.7 Å². The van der Waals surface area contributed by atoms with Crippen LogP contribution in [0.25, 0.3) is 45.5 Å². The van der Waals surface area contributed by atoms with Crippen molar-refractivity contribution in [3.8, 4) is 33.4 Å². The number of hydrogen-bond donors (Lipinski definition) is 1. The fraction of sp³-hybridized carbons (Fsp3) is 0.0370. The molecule has 8 aromatic carbocycles. The SMILES string of the molecule is NC(=NC(=NCc1cccc(-c2ccccc2)c1)c1cccc(-c2ccccc2)c1)c1ccc2c(c1)-c1ccccc1C21c2ccccc2C=Cc2ccc(F)cc21. The first-order valence-electron chi connectivity index (χ1n) is 19.6. The van der Waals surface area contributed by atoms with Crippen molar-refractivity contribution in [2.24, 2.45) is 15.7 Å². The Labute approximate surface area is 338 Å². The number of amidine groups is 2. The van der Waals surface area contributed by atoms with Gasteiger partial charge in [-0.25, -0.2) is 9.38 Å². The summed E-state index contributed by atoms with van der Waals surface area (Å²) in [5, 5.41) is 0. The largest absolute Gasteiger partial charge is 0.383 e. The van der Waals surface area contributed by atoms with Gasteiger partial charge in [-0.2, -0.15) is 0 Å². The minimum absolute atomic E-state index is 0.264. The van der Waals surface area contributed by atoms with Gasteiger partial charge >= 0.3 is 0 Å². The zero-order valence-electron chi connectivity index (χ0n) is 31.7. The van der Waals surface area contributed by atoms with Gasteiger partial charge in [-0.3, -0.25) is 4.99 Å². The molecule has 0 aliphatic heterocycles. The third kappa shape index (κ3) is 6.07. The van der Waals surface area contributed by atoms with Crippen LogP contribution in [0.3, 0.4) is 0 Å². The predicted molar refractivity (Wildman–Crippen MR) is 237 cm³/mol. The molecule has 4 heteroatoms. The molecule has 0 bridgehead atoms. The van der Waals surface area contributed by atoms with Gasteiger partial charge in [0.05, 0.1) is 12.0 Å². The third-order valence-corrected chi connectivity index (χ3v) is 11.5. The number of aliphatic imine (C=N–C) groups is 2. The third-order valence-electron chi connectivity index (χ3n) is 11.5. The molecular formula is C54H38FN3. The van der Waals surface area contributed by atoms with E-state index >= 15 is 4.39 Å². The zero-order valence-corrected chi connectivity index (χ0v) is 31.7. The Bertz CT molecular complexity index is 2940. The first-order valence-corrected chi connectivity index (χ1v) is 19.6. The normalized spacial score (nSPS) is 15.3. The second kappa shape index (κ2) is 14.6. The van der Waals surface area contributed by atoms with Crippen LogP contribution in [0.4, 0.5) is 4.39 Å². The summed E-state index contributed by atoms with van der Waals surface area (Å²) in [6.45, 7) is 0.422. The molecule has 8 aromatic rings. The summed E-state index contributed by atoms with van der Waals surface area (Å²) in [4.78, 5) is 10.3. The average Bonchev–Trinajstić information content (AvgIpc) is 3.49. The van der Waals surface area contributed by atoms with E-state index in [1.165, 1.54) is 0 Å². The summed E-state index contributed by atoms with van der Waals surface area (Å²) in [7, 11) is 0. The molecule has 3 nitrogen and oxygen atoms in total. The molecule has 2 aliphatic carbocycles. The Balaban J connectivity index is 1.11. The van der Waals surface area contributed by atoms with Gasteiger partial charge in [0, 0.05) is 11.1 Å². The molecule has 1 unspecified atom stereocenters. The van der Waals surface area contributed by atoms with Gasteiger partial charge in [0.1, 0.15) is 11.7 Å². The molecule has 1 atom stereocenters. The summed E-state index contributed by atoms with van der Waals surface area (Å²) >= 11 is 0. The predicted octanol–water partition coefficient (Wildman–Crippen LogP) is 12.4. The molecule has 58 heavy (non-hydrogen) atoms. The highest BCUT2D eigenvalue weighted by Crippen LogP contribution is 2.58. The van der Waals surface area contributed by atoms with Gasteiger partial charge in [0.15, 0.2) is 5.84 Å². The number of halogens is 1. The lowest BCUT2D eigenvalue weighted by atomic mass is 9.66. The molecule has 1 spiro atoms. The van der Waals surface area contributed by atoms with Crippen molar-refractivity contribution >= 4 is 23.8 Å². The zero-order chi connectivity index (χ0) is 39.1. The monoisotopic (exact) mass is 747 g/mol. The van der Waals surface area contributed by atoms with Crippen LogP contribution < -0.4 is 5.73 Å². The van der Waals surface area contributed by atoms with E-state index in [4.69, 9.17) is 15.7 Å². The highest BCUT2D eigenvalue weighted by Gasteiger charge is 2.48. The van der Waals surface area contributed by atoms with Gasteiger partial charge in [-0.1, -0.05) is 176 Å². The van der Waals surface area contributed by atoms with E-state index < -0.39 is 5.41 Å². The fourth-order valence-corrected chi connectivity index (χ4v) is 8.82. The fourth-order valence-electron chi connectivity index (χ4n) is 8.82. The molecular weight excluding hydrogens is 710 g/mol. The van der Waals surface area contributed by atoms with E-state index in [-0.39, 0.29) is 5.82 Å². The van der Waals surface area contributed by atoms with Crippen LogP contribution in [0.1, 0.15) is 50.1 Å². The summed E-state index contributed by atoms with van der Waals surface area (Å²) in [6.07, 6.45) is 4.25. The maximum atomic E-state index is 15.3. The van der Waals surface area contributed by atoms with Crippen LogP contribution in [0, 0.1) is 5.82 Å². The lowest BCUT2D eigenvalue weighted by Crippen LogP contribution is -2.30. The summed E-state index contributed by atoms with van der Waals surface area (Å²) in [5.74, 6) is 0.642. The first kappa shape index (κ1) is 35.0. The molecule has 0 saturated heterocycles. The summed E-state index contributed by atoms with van der Waals surface area (Å²) in [6, 6.07) is 65.9. The van der Waals surface area contributed by atoms with Gasteiger partial charge in [0.25, 0.3) is 0 Å². The van der Waals surface area contributed by atoms with Crippen LogP contribution in [0.5, 0.6) is 0 Å². The van der Waals surface area contributed by atoms with Crippen molar-refractivity contribution in [3.63, 3.8) is 0 Å². The molecule has 0 heterocycles. The molecule has 0 saturated carbocycles. The average molecular weight is 748 g/mol. The van der Waals surface area contributed by atoms with E-state index in [0.717, 1.165) is 83.5 Å². The number of nitrogens with zero attached hydrogens (tertiary/aromatic N) is 2. The minimum Gasteiger partial charge on any atom is -0.383 e. The second-order valence-corrected chi connectivity index (χ2v) is 14.9. The van der Waals surface area contributed by atoms with Crippen molar-refractivity contribution in [1.82, 2.24) is 0 Å². The van der Waals surface area contributed by atoms with Crippen LogP contribution >= 0.6 is 0 Å². The van der Waals surface area contributed by atoms with Crippen molar-refractivity contribution < 1.29 is 4.39 Å². The molecule has 0 aromatic heterocycles. The van der Waals surface area contributed by atoms with Crippen molar-refractivity contribution in [2.75, 3.05) is 0 Å². The van der Waals surface area contributed by atoms with E-state index in [0.29, 0.717) is 18.2 Å². The Morgan fingerprint density at radius 1 is 0.466 bits per heavy atom. The van der Waals surface area contributed by atoms with Crippen molar-refractivity contribution in [1.29, 1.82) is 0 Å². The van der Waals surface area contributed by atoms with Crippen molar-refractivity contribution in [3.05, 3.63) is 250 Å². The molecule has 276 valence electrons. The molecule has 2 N–H and O–H groups in total. The first-order chi connectivity index (χ1) is 28.6. The number of benzene rings is 8. The maximum absolute atomic E-state index is 15.3. The van der Waals surface area contributed by atoms with E-state index in [9.17, 15) is 0 Å². The number of rotatable bonds is 6. The standard InChI is InChI=1S/C54H38FN3/c55-45-29-27-40-26-25-39-18-7-9-23-48(39)54(51(40)34-45)49-24-10-8-22-46(49)47-33-43(28-30-50(47)54)52(56)58-53(44-21-12-20-42(32-44)38-16-5-2-6-17-38)57-35-36-13-11-19-41(31-36)37-14-3-1-4-15-37/h1-34H,35H2,(H2,56,57,58). The van der Waals surface area contributed by atoms with Crippen LogP contribution in [-0.2, 0) is 12.0 Å². The molecule has 10 rings (SSSR count). The van der Waals surface area contributed by atoms with Gasteiger partial charge in [-0.05, 0) is 103 Å². The lowest BCUT2D eigenvalue weighted by molar-refractivity contribution is 0.620. The molecule has 0 amide bonds. The molecule has 0 fully saturated rings. The summed E-state index contributed by atoms with van der Waals surface area (Å²) < 4.78 is 15.3. The lowest BCUT2D eigenvalue weighted by Gasteiger charge is -2.35. The Kier molecular flexibility index (Phi) is 8.80.